The van der Waals surface area contributed by atoms with Gasteiger partial charge in [0, 0.05) is 6.42 Å². The minimum atomic E-state index is -0.714. The lowest BCUT2D eigenvalue weighted by molar-refractivity contribution is -0.148. The third kappa shape index (κ3) is 9.82. The third-order valence-electron chi connectivity index (χ3n) is 4.89. The highest BCUT2D eigenvalue weighted by atomic mass is 16.5. The van der Waals surface area contributed by atoms with Gasteiger partial charge < -0.3 is 14.6 Å². The highest BCUT2D eigenvalue weighted by molar-refractivity contribution is 5.72. The molecule has 0 aliphatic rings. The molecule has 0 saturated heterocycles. The molecular weight excluding hydrogens is 368 g/mol. The monoisotopic (exact) mass is 406 g/mol. The Bertz CT molecular complexity index is 645. The number of rotatable bonds is 13. The second-order valence-electron chi connectivity index (χ2n) is 8.71. The number of aryl methyl sites for hydroxylation is 1. The zero-order valence-corrected chi connectivity index (χ0v) is 18.8. The average molecular weight is 407 g/mol. The molecule has 29 heavy (non-hydrogen) atoms. The van der Waals surface area contributed by atoms with Crippen molar-refractivity contribution in [2.24, 2.45) is 5.92 Å². The molecule has 164 valence electrons. The second kappa shape index (κ2) is 12.5. The Hall–Kier alpha value is -2.04. The van der Waals surface area contributed by atoms with Crippen LogP contribution in [0.1, 0.15) is 84.3 Å². The van der Waals surface area contributed by atoms with Crippen LogP contribution in [-0.2, 0) is 26.2 Å². The molecule has 1 rings (SSSR count). The first-order valence-electron chi connectivity index (χ1n) is 10.8. The maximum absolute atomic E-state index is 11.9. The fourth-order valence-electron chi connectivity index (χ4n) is 3.16. The molecule has 1 atom stereocenters. The summed E-state index contributed by atoms with van der Waals surface area (Å²) in [6, 6.07) is 6.39. The Kier molecular flexibility index (Phi) is 10.8. The molecule has 0 heterocycles. The summed E-state index contributed by atoms with van der Waals surface area (Å²) < 4.78 is 11.1. The molecular formula is C24H38O5. The zero-order chi connectivity index (χ0) is 21.9. The summed E-state index contributed by atoms with van der Waals surface area (Å²) in [5, 5.41) is 8.67. The van der Waals surface area contributed by atoms with Crippen LogP contribution < -0.4 is 4.74 Å². The molecule has 1 N–H and O–H groups in total. The summed E-state index contributed by atoms with van der Waals surface area (Å²) in [5.41, 5.74) is 2.30. The number of carboxylic acid groups (broad SMARTS) is 1. The molecule has 0 saturated carbocycles. The Morgan fingerprint density at radius 2 is 1.72 bits per heavy atom. The smallest absolute Gasteiger partial charge is 0.312 e. The van der Waals surface area contributed by atoms with Gasteiger partial charge in [-0.3, -0.25) is 9.59 Å². The van der Waals surface area contributed by atoms with Crippen LogP contribution in [0.5, 0.6) is 5.75 Å². The quantitative estimate of drug-likeness (QED) is 0.344. The fourth-order valence-corrected chi connectivity index (χ4v) is 3.16. The largest absolute Gasteiger partial charge is 0.492 e. The predicted octanol–water partition coefficient (Wildman–Crippen LogP) is 5.53. The van der Waals surface area contributed by atoms with Crippen LogP contribution >= 0.6 is 0 Å². The first-order valence-corrected chi connectivity index (χ1v) is 10.8. The third-order valence-corrected chi connectivity index (χ3v) is 4.89. The molecule has 0 aromatic heterocycles. The minimum absolute atomic E-state index is 0.0504. The van der Waals surface area contributed by atoms with E-state index in [9.17, 15) is 9.59 Å². The lowest BCUT2D eigenvalue weighted by Crippen LogP contribution is -2.22. The van der Waals surface area contributed by atoms with Crippen molar-refractivity contribution in [2.75, 3.05) is 13.2 Å². The van der Waals surface area contributed by atoms with E-state index in [0.717, 1.165) is 49.8 Å². The van der Waals surface area contributed by atoms with Crippen molar-refractivity contribution < 1.29 is 24.2 Å². The number of esters is 1. The van der Waals surface area contributed by atoms with Crippen molar-refractivity contribution in [1.82, 2.24) is 0 Å². The van der Waals surface area contributed by atoms with Gasteiger partial charge in [-0.25, -0.2) is 0 Å². The number of carboxylic acids is 1. The zero-order valence-electron chi connectivity index (χ0n) is 18.8. The normalized spacial score (nSPS) is 12.4. The van der Waals surface area contributed by atoms with Gasteiger partial charge in [0.1, 0.15) is 12.4 Å². The van der Waals surface area contributed by atoms with E-state index in [-0.39, 0.29) is 23.7 Å². The van der Waals surface area contributed by atoms with E-state index < -0.39 is 5.97 Å². The van der Waals surface area contributed by atoms with E-state index >= 15 is 0 Å². The molecule has 1 unspecified atom stereocenters. The fraction of sp³-hybridized carbons (Fsp3) is 0.667. The van der Waals surface area contributed by atoms with Crippen LogP contribution in [0.3, 0.4) is 0 Å². The van der Waals surface area contributed by atoms with Crippen LogP contribution in [-0.4, -0.2) is 30.3 Å². The highest BCUT2D eigenvalue weighted by Crippen LogP contribution is 2.33. The summed E-state index contributed by atoms with van der Waals surface area (Å²) >= 11 is 0. The van der Waals surface area contributed by atoms with Crippen molar-refractivity contribution >= 4 is 11.9 Å². The van der Waals surface area contributed by atoms with Gasteiger partial charge in [0.2, 0.25) is 0 Å². The summed E-state index contributed by atoms with van der Waals surface area (Å²) in [4.78, 5) is 22.4. The maximum Gasteiger partial charge on any atom is 0.312 e. The van der Waals surface area contributed by atoms with Gasteiger partial charge in [-0.1, -0.05) is 52.2 Å². The van der Waals surface area contributed by atoms with Crippen LogP contribution in [0.15, 0.2) is 18.2 Å². The highest BCUT2D eigenvalue weighted by Gasteiger charge is 2.21. The number of ether oxygens (including phenoxy) is 2. The Balaban J connectivity index is 2.64. The minimum Gasteiger partial charge on any atom is -0.492 e. The van der Waals surface area contributed by atoms with E-state index in [1.54, 1.807) is 6.92 Å². The molecule has 5 nitrogen and oxygen atoms in total. The summed E-state index contributed by atoms with van der Waals surface area (Å²) in [6.07, 6.45) is 6.18. The van der Waals surface area contributed by atoms with Crippen LogP contribution in [0, 0.1) is 5.92 Å². The molecule has 0 amide bonds. The first kappa shape index (κ1) is 25.0. The summed E-state index contributed by atoms with van der Waals surface area (Å²) in [5.74, 6) is -0.414. The van der Waals surface area contributed by atoms with E-state index in [1.165, 1.54) is 5.56 Å². The molecule has 0 fully saturated rings. The molecule has 0 bridgehead atoms. The number of carbonyl (C=O) groups excluding carboxylic acids is 1. The number of hydrogen-bond acceptors (Lipinski definition) is 4. The molecule has 0 aliphatic heterocycles. The molecule has 1 aromatic rings. The second-order valence-corrected chi connectivity index (χ2v) is 8.71. The maximum atomic E-state index is 11.9. The van der Waals surface area contributed by atoms with Crippen LogP contribution in [0.4, 0.5) is 0 Å². The molecule has 1 aromatic carbocycles. The molecule has 0 spiro atoms. The van der Waals surface area contributed by atoms with Crippen molar-refractivity contribution in [2.45, 2.75) is 85.0 Å². The van der Waals surface area contributed by atoms with Gasteiger partial charge in [-0.05, 0) is 55.7 Å². The van der Waals surface area contributed by atoms with E-state index in [2.05, 4.69) is 39.0 Å². The van der Waals surface area contributed by atoms with Gasteiger partial charge in [0.25, 0.3) is 0 Å². The number of benzene rings is 1. The van der Waals surface area contributed by atoms with Crippen molar-refractivity contribution in [3.63, 3.8) is 0 Å². The number of aliphatic carboxylic acids is 1. The van der Waals surface area contributed by atoms with E-state index in [1.807, 2.05) is 6.92 Å². The SMILES string of the molecule is CCOC(=O)C(C)COc1cc(CCCCCCCC(=O)O)ccc1C(C)(C)C. The Labute approximate surface area is 175 Å². The molecule has 5 heteroatoms. The lowest BCUT2D eigenvalue weighted by atomic mass is 9.85. The van der Waals surface area contributed by atoms with Crippen molar-refractivity contribution in [3.05, 3.63) is 29.3 Å². The predicted molar refractivity (Wildman–Crippen MR) is 115 cm³/mol. The summed E-state index contributed by atoms with van der Waals surface area (Å²) in [7, 11) is 0. The standard InChI is InChI=1S/C24H38O5/c1-6-28-23(27)18(2)17-29-21-16-19(14-15-20(21)24(3,4)5)12-10-8-7-9-11-13-22(25)26/h14-16,18H,6-13,17H2,1-5H3,(H,25,26). The van der Waals surface area contributed by atoms with E-state index in [4.69, 9.17) is 14.6 Å². The Morgan fingerprint density at radius 3 is 2.34 bits per heavy atom. The lowest BCUT2D eigenvalue weighted by Gasteiger charge is -2.24. The first-order chi connectivity index (χ1) is 13.6. The van der Waals surface area contributed by atoms with Crippen LogP contribution in [0.25, 0.3) is 0 Å². The van der Waals surface area contributed by atoms with Gasteiger partial charge >= 0.3 is 11.9 Å². The summed E-state index contributed by atoms with van der Waals surface area (Å²) in [6.45, 7) is 10.8. The molecule has 0 radical (unpaired) electrons. The number of hydrogen-bond donors (Lipinski definition) is 1. The van der Waals surface area contributed by atoms with Gasteiger partial charge in [0.15, 0.2) is 0 Å². The van der Waals surface area contributed by atoms with Crippen LogP contribution in [0.2, 0.25) is 0 Å². The van der Waals surface area contributed by atoms with Gasteiger partial charge in [-0.15, -0.1) is 0 Å². The number of carbonyl (C=O) groups is 2. The van der Waals surface area contributed by atoms with E-state index in [0.29, 0.717) is 13.2 Å². The van der Waals surface area contributed by atoms with Gasteiger partial charge in [0.05, 0.1) is 12.5 Å². The average Bonchev–Trinajstić information content (AvgIpc) is 2.64. The van der Waals surface area contributed by atoms with Crippen molar-refractivity contribution in [1.29, 1.82) is 0 Å². The number of unbranched alkanes of at least 4 members (excludes halogenated alkanes) is 4. The van der Waals surface area contributed by atoms with Gasteiger partial charge in [-0.2, -0.15) is 0 Å². The Morgan fingerprint density at radius 1 is 1.07 bits per heavy atom. The van der Waals surface area contributed by atoms with Crippen molar-refractivity contribution in [3.8, 4) is 5.75 Å². The topological polar surface area (TPSA) is 72.8 Å². The molecule has 0 aliphatic carbocycles.